The number of aliphatic hydroxyl groups excluding tert-OH is 1. The summed E-state index contributed by atoms with van der Waals surface area (Å²) < 4.78 is 14.7. The van der Waals surface area contributed by atoms with Gasteiger partial charge in [-0.2, -0.15) is 0 Å². The summed E-state index contributed by atoms with van der Waals surface area (Å²) in [5.41, 5.74) is 0. The molecule has 0 amide bonds. The van der Waals surface area contributed by atoms with Gasteiger partial charge in [0, 0.05) is 7.11 Å². The highest BCUT2D eigenvalue weighted by atomic mass is 16.9. The molecule has 0 fully saturated rings. The molecule has 0 aromatic heterocycles. The summed E-state index contributed by atoms with van der Waals surface area (Å²) in [5, 5.41) is 8.73. The Kier molecular flexibility index (Phi) is 2.26. The van der Waals surface area contributed by atoms with Crippen molar-refractivity contribution < 1.29 is 19.3 Å². The number of rotatable bonds is 2. The van der Waals surface area contributed by atoms with Crippen LogP contribution in [0.1, 0.15) is 0 Å². The van der Waals surface area contributed by atoms with E-state index in [4.69, 9.17) is 19.3 Å². The average Bonchev–Trinajstić information content (AvgIpc) is 2.06. The first-order valence-corrected chi connectivity index (χ1v) is 2.96. The Morgan fingerprint density at radius 1 is 1.80 bits per heavy atom. The van der Waals surface area contributed by atoms with E-state index in [0.29, 0.717) is 6.61 Å². The van der Waals surface area contributed by atoms with Crippen LogP contribution >= 0.6 is 0 Å². The molecule has 1 rings (SSSR count). The lowest BCUT2D eigenvalue weighted by Crippen LogP contribution is -2.42. The van der Waals surface area contributed by atoms with Gasteiger partial charge in [-0.1, -0.05) is 0 Å². The Bertz CT molecular complexity index is 128. The Morgan fingerprint density at radius 3 is 2.90 bits per heavy atom. The number of ether oxygens (including phenoxy) is 3. The highest BCUT2D eigenvalue weighted by Gasteiger charge is 2.32. The van der Waals surface area contributed by atoms with Crippen LogP contribution in [0.5, 0.6) is 0 Å². The van der Waals surface area contributed by atoms with Gasteiger partial charge < -0.3 is 19.3 Å². The maximum Gasteiger partial charge on any atom is 0.351 e. The number of hydrogen-bond donors (Lipinski definition) is 1. The zero-order chi connectivity index (χ0) is 7.45. The maximum atomic E-state index is 8.73. The third-order valence-corrected chi connectivity index (χ3v) is 1.25. The van der Waals surface area contributed by atoms with Crippen molar-refractivity contribution in [3.8, 4) is 0 Å². The van der Waals surface area contributed by atoms with Crippen molar-refractivity contribution >= 4 is 0 Å². The molecule has 1 unspecified atom stereocenters. The highest BCUT2D eigenvalue weighted by molar-refractivity contribution is 4.80. The predicted molar refractivity (Wildman–Crippen MR) is 33.0 cm³/mol. The lowest BCUT2D eigenvalue weighted by Gasteiger charge is -2.30. The summed E-state index contributed by atoms with van der Waals surface area (Å²) in [6.07, 6.45) is 3.14. The third kappa shape index (κ3) is 1.29. The van der Waals surface area contributed by atoms with Crippen LogP contribution in [0, 0.1) is 0 Å². The Labute approximate surface area is 59.0 Å². The molecule has 4 heteroatoms. The molecule has 4 nitrogen and oxygen atoms in total. The third-order valence-electron chi connectivity index (χ3n) is 1.25. The fourth-order valence-corrected chi connectivity index (χ4v) is 0.655. The topological polar surface area (TPSA) is 47.9 Å². The van der Waals surface area contributed by atoms with E-state index >= 15 is 0 Å². The highest BCUT2D eigenvalue weighted by Crippen LogP contribution is 2.16. The molecule has 1 N–H and O–H groups in total. The molecule has 0 aliphatic carbocycles. The minimum atomic E-state index is -1.27. The second-order valence-electron chi connectivity index (χ2n) is 1.85. The fourth-order valence-electron chi connectivity index (χ4n) is 0.655. The molecule has 0 aromatic carbocycles. The smallest absolute Gasteiger partial charge is 0.351 e. The van der Waals surface area contributed by atoms with Gasteiger partial charge in [-0.05, 0) is 6.08 Å². The summed E-state index contributed by atoms with van der Waals surface area (Å²) in [6, 6.07) is 0. The van der Waals surface area contributed by atoms with Crippen LogP contribution in [0.3, 0.4) is 0 Å². The van der Waals surface area contributed by atoms with Crippen LogP contribution in [0.25, 0.3) is 0 Å². The summed E-state index contributed by atoms with van der Waals surface area (Å²) in [7, 11) is 1.41. The van der Waals surface area contributed by atoms with E-state index in [9.17, 15) is 0 Å². The average molecular weight is 146 g/mol. The monoisotopic (exact) mass is 146 g/mol. The van der Waals surface area contributed by atoms with Gasteiger partial charge in [0.25, 0.3) is 0 Å². The van der Waals surface area contributed by atoms with E-state index in [0.717, 1.165) is 0 Å². The van der Waals surface area contributed by atoms with Gasteiger partial charge in [-0.3, -0.25) is 0 Å². The van der Waals surface area contributed by atoms with Crippen LogP contribution in [0.15, 0.2) is 12.3 Å². The van der Waals surface area contributed by atoms with Crippen LogP contribution < -0.4 is 0 Å². The normalized spacial score (nSPS) is 31.8. The minimum Gasteiger partial charge on any atom is -0.446 e. The SMILES string of the molecule is COC1(CO)OC=CCO1. The lowest BCUT2D eigenvalue weighted by atomic mass is 10.5. The molecule has 0 saturated heterocycles. The first kappa shape index (κ1) is 7.53. The van der Waals surface area contributed by atoms with Gasteiger partial charge in [0.15, 0.2) is 0 Å². The molecule has 0 radical (unpaired) electrons. The van der Waals surface area contributed by atoms with Crippen LogP contribution in [0.4, 0.5) is 0 Å². The molecule has 0 spiro atoms. The van der Waals surface area contributed by atoms with Crippen molar-refractivity contribution in [2.24, 2.45) is 0 Å². The molecular formula is C6H10O4. The van der Waals surface area contributed by atoms with Gasteiger partial charge in [-0.15, -0.1) is 0 Å². The van der Waals surface area contributed by atoms with Crippen LogP contribution in [-0.2, 0) is 14.2 Å². The molecule has 1 aliphatic rings. The Hall–Kier alpha value is -0.580. The Morgan fingerprint density at radius 2 is 2.60 bits per heavy atom. The molecule has 1 atom stereocenters. The van der Waals surface area contributed by atoms with E-state index in [1.807, 2.05) is 0 Å². The van der Waals surface area contributed by atoms with E-state index in [-0.39, 0.29) is 6.61 Å². The van der Waals surface area contributed by atoms with E-state index in [1.165, 1.54) is 13.4 Å². The van der Waals surface area contributed by atoms with Crippen molar-refractivity contribution in [1.29, 1.82) is 0 Å². The summed E-state index contributed by atoms with van der Waals surface area (Å²) >= 11 is 0. The van der Waals surface area contributed by atoms with Gasteiger partial charge in [0.2, 0.25) is 0 Å². The summed E-state index contributed by atoms with van der Waals surface area (Å²) in [6.45, 7) is 0.0856. The largest absolute Gasteiger partial charge is 0.446 e. The zero-order valence-electron chi connectivity index (χ0n) is 5.74. The second-order valence-corrected chi connectivity index (χ2v) is 1.85. The van der Waals surface area contributed by atoms with Gasteiger partial charge >= 0.3 is 5.97 Å². The standard InChI is InChI=1S/C6H10O4/c1-8-6(5-7)9-3-2-4-10-6/h2-3,7H,4-5H2,1H3. The quantitative estimate of drug-likeness (QED) is 0.588. The molecule has 0 bridgehead atoms. The lowest BCUT2D eigenvalue weighted by molar-refractivity contribution is -0.366. The second kappa shape index (κ2) is 3.01. The summed E-state index contributed by atoms with van der Waals surface area (Å²) in [4.78, 5) is 0. The molecule has 58 valence electrons. The molecule has 1 aliphatic heterocycles. The van der Waals surface area contributed by atoms with E-state index in [1.54, 1.807) is 6.08 Å². The summed E-state index contributed by atoms with van der Waals surface area (Å²) in [5.74, 6) is -1.27. The van der Waals surface area contributed by atoms with E-state index in [2.05, 4.69) is 0 Å². The Balaban J connectivity index is 2.55. The van der Waals surface area contributed by atoms with Gasteiger partial charge in [0.05, 0.1) is 12.9 Å². The molecule has 0 aromatic rings. The van der Waals surface area contributed by atoms with Crippen molar-refractivity contribution in [3.63, 3.8) is 0 Å². The minimum absolute atomic E-state index is 0.312. The van der Waals surface area contributed by atoms with Crippen LogP contribution in [0.2, 0.25) is 0 Å². The number of hydrogen-bond acceptors (Lipinski definition) is 4. The fraction of sp³-hybridized carbons (Fsp3) is 0.667. The molecule has 10 heavy (non-hydrogen) atoms. The van der Waals surface area contributed by atoms with Crippen molar-refractivity contribution in [2.75, 3.05) is 20.3 Å². The number of methoxy groups -OCH3 is 1. The molecular weight excluding hydrogens is 136 g/mol. The predicted octanol–water partition coefficient (Wildman–Crippen LogP) is -0.161. The molecule has 1 heterocycles. The number of aliphatic hydroxyl groups is 1. The van der Waals surface area contributed by atoms with Gasteiger partial charge in [0.1, 0.15) is 6.61 Å². The van der Waals surface area contributed by atoms with E-state index < -0.39 is 5.97 Å². The van der Waals surface area contributed by atoms with Gasteiger partial charge in [-0.25, -0.2) is 0 Å². The zero-order valence-corrected chi connectivity index (χ0v) is 5.74. The van der Waals surface area contributed by atoms with Crippen molar-refractivity contribution in [1.82, 2.24) is 0 Å². The van der Waals surface area contributed by atoms with Crippen molar-refractivity contribution in [3.05, 3.63) is 12.3 Å². The van der Waals surface area contributed by atoms with Crippen LogP contribution in [-0.4, -0.2) is 31.4 Å². The first-order chi connectivity index (χ1) is 4.83. The first-order valence-electron chi connectivity index (χ1n) is 2.96. The molecule has 0 saturated carbocycles. The van der Waals surface area contributed by atoms with Crippen molar-refractivity contribution in [2.45, 2.75) is 5.97 Å². The maximum absolute atomic E-state index is 8.73.